The number of benzene rings is 1. The van der Waals surface area contributed by atoms with Crippen LogP contribution in [0.3, 0.4) is 0 Å². The number of ether oxygens (including phenoxy) is 2. The SMILES string of the molecule is CC(C)c1ccc(OCCC(CSC(C)(C)C)NC(=O)OC(C)(C)C)cc1C(=O)NCC(=O)O. The molecule has 0 spiro atoms. The predicted octanol–water partition coefficient (Wildman–Crippen LogP) is 4.82. The molecule has 0 aliphatic carbocycles. The van der Waals surface area contributed by atoms with Crippen LogP contribution in [0.25, 0.3) is 0 Å². The van der Waals surface area contributed by atoms with E-state index < -0.39 is 30.1 Å². The second-order valence-corrected chi connectivity index (χ2v) is 12.2. The molecule has 0 heterocycles. The molecule has 0 bridgehead atoms. The highest BCUT2D eigenvalue weighted by Crippen LogP contribution is 2.26. The topological polar surface area (TPSA) is 114 Å². The Kier molecular flexibility index (Phi) is 11.2. The van der Waals surface area contributed by atoms with Gasteiger partial charge in [-0.15, -0.1) is 0 Å². The minimum absolute atomic E-state index is 0.0413. The molecule has 1 unspecified atom stereocenters. The first-order chi connectivity index (χ1) is 15.6. The molecule has 8 nitrogen and oxygen atoms in total. The summed E-state index contributed by atoms with van der Waals surface area (Å²) in [5.74, 6) is -0.284. The molecule has 2 amide bonds. The molecule has 0 radical (unpaired) electrons. The summed E-state index contributed by atoms with van der Waals surface area (Å²) in [4.78, 5) is 35.6. The van der Waals surface area contributed by atoms with E-state index in [-0.39, 0.29) is 16.7 Å². The van der Waals surface area contributed by atoms with E-state index in [4.69, 9.17) is 14.6 Å². The van der Waals surface area contributed by atoms with Crippen molar-refractivity contribution in [3.63, 3.8) is 0 Å². The second-order valence-electron chi connectivity index (χ2n) is 10.4. The van der Waals surface area contributed by atoms with Crippen LogP contribution in [0.4, 0.5) is 4.79 Å². The Balaban J connectivity index is 2.87. The highest BCUT2D eigenvalue weighted by atomic mass is 32.2. The molecule has 3 N–H and O–H groups in total. The third-order valence-corrected chi connectivity index (χ3v) is 5.90. The maximum absolute atomic E-state index is 12.5. The summed E-state index contributed by atoms with van der Waals surface area (Å²) in [7, 11) is 0. The first-order valence-electron chi connectivity index (χ1n) is 11.5. The molecule has 0 aliphatic rings. The highest BCUT2D eigenvalue weighted by Gasteiger charge is 2.22. The molecular formula is C25H40N2O6S. The van der Waals surface area contributed by atoms with Crippen molar-refractivity contribution in [1.82, 2.24) is 10.6 Å². The average Bonchev–Trinajstić information content (AvgIpc) is 2.67. The summed E-state index contributed by atoms with van der Waals surface area (Å²) in [5.41, 5.74) is 0.611. The van der Waals surface area contributed by atoms with Crippen molar-refractivity contribution in [1.29, 1.82) is 0 Å². The molecular weight excluding hydrogens is 456 g/mol. The van der Waals surface area contributed by atoms with Gasteiger partial charge in [-0.3, -0.25) is 9.59 Å². The zero-order valence-corrected chi connectivity index (χ0v) is 22.4. The molecule has 1 rings (SSSR count). The van der Waals surface area contributed by atoms with Gasteiger partial charge in [0.15, 0.2) is 0 Å². The molecule has 0 aromatic heterocycles. The van der Waals surface area contributed by atoms with Gasteiger partial charge < -0.3 is 25.2 Å². The van der Waals surface area contributed by atoms with Crippen molar-refractivity contribution < 1.29 is 29.0 Å². The number of amides is 2. The molecule has 9 heteroatoms. The smallest absolute Gasteiger partial charge is 0.407 e. The van der Waals surface area contributed by atoms with Crippen LogP contribution < -0.4 is 15.4 Å². The van der Waals surface area contributed by atoms with Gasteiger partial charge in [0.05, 0.1) is 6.61 Å². The molecule has 0 aliphatic heterocycles. The van der Waals surface area contributed by atoms with E-state index in [1.54, 1.807) is 23.9 Å². The average molecular weight is 497 g/mol. The van der Waals surface area contributed by atoms with E-state index in [0.717, 1.165) is 5.56 Å². The van der Waals surface area contributed by atoms with E-state index in [0.29, 0.717) is 30.1 Å². The fourth-order valence-electron chi connectivity index (χ4n) is 2.92. The van der Waals surface area contributed by atoms with Crippen molar-refractivity contribution in [2.75, 3.05) is 18.9 Å². The largest absolute Gasteiger partial charge is 0.493 e. The van der Waals surface area contributed by atoms with Crippen LogP contribution in [-0.4, -0.2) is 58.4 Å². The third kappa shape index (κ3) is 12.2. The van der Waals surface area contributed by atoms with Crippen LogP contribution in [0.2, 0.25) is 0 Å². The molecule has 192 valence electrons. The Bertz CT molecular complexity index is 843. The summed E-state index contributed by atoms with van der Waals surface area (Å²) < 4.78 is 11.3. The zero-order chi connectivity index (χ0) is 26.1. The van der Waals surface area contributed by atoms with Crippen LogP contribution in [0.1, 0.15) is 83.7 Å². The molecule has 0 saturated heterocycles. The van der Waals surface area contributed by atoms with Gasteiger partial charge in [-0.2, -0.15) is 11.8 Å². The lowest BCUT2D eigenvalue weighted by molar-refractivity contribution is -0.135. The van der Waals surface area contributed by atoms with Crippen molar-refractivity contribution in [2.45, 2.75) is 84.1 Å². The Hall–Kier alpha value is -2.42. The number of rotatable bonds is 11. The summed E-state index contributed by atoms with van der Waals surface area (Å²) >= 11 is 1.74. The van der Waals surface area contributed by atoms with Crippen molar-refractivity contribution in [2.24, 2.45) is 0 Å². The molecule has 1 aromatic carbocycles. The molecule has 1 aromatic rings. The van der Waals surface area contributed by atoms with Gasteiger partial charge in [0.25, 0.3) is 5.91 Å². The fourth-order valence-corrected chi connectivity index (χ4v) is 3.87. The zero-order valence-electron chi connectivity index (χ0n) is 21.6. The summed E-state index contributed by atoms with van der Waals surface area (Å²) in [6, 6.07) is 5.09. The van der Waals surface area contributed by atoms with Gasteiger partial charge in [0, 0.05) is 28.5 Å². The number of carboxylic acid groups (broad SMARTS) is 1. The highest BCUT2D eigenvalue weighted by molar-refractivity contribution is 8.00. The maximum atomic E-state index is 12.5. The van der Waals surface area contributed by atoms with Crippen molar-refractivity contribution in [3.8, 4) is 5.75 Å². The van der Waals surface area contributed by atoms with Gasteiger partial charge >= 0.3 is 12.1 Å². The lowest BCUT2D eigenvalue weighted by Crippen LogP contribution is -2.41. The monoisotopic (exact) mass is 496 g/mol. The lowest BCUT2D eigenvalue weighted by Gasteiger charge is -2.26. The third-order valence-electron chi connectivity index (χ3n) is 4.46. The van der Waals surface area contributed by atoms with Gasteiger partial charge in [0.1, 0.15) is 17.9 Å². The van der Waals surface area contributed by atoms with Gasteiger partial charge in [-0.25, -0.2) is 4.79 Å². The van der Waals surface area contributed by atoms with Gasteiger partial charge in [-0.05, 0) is 44.4 Å². The number of aliphatic carboxylic acids is 1. The maximum Gasteiger partial charge on any atom is 0.407 e. The quantitative estimate of drug-likeness (QED) is 0.402. The van der Waals surface area contributed by atoms with Crippen molar-refractivity contribution in [3.05, 3.63) is 29.3 Å². The summed E-state index contributed by atoms with van der Waals surface area (Å²) in [6.07, 6.45) is 0.0834. The minimum Gasteiger partial charge on any atom is -0.493 e. The number of nitrogens with one attached hydrogen (secondary N) is 2. The predicted molar refractivity (Wildman–Crippen MR) is 136 cm³/mol. The van der Waals surface area contributed by atoms with E-state index in [2.05, 4.69) is 31.4 Å². The normalized spacial score (nSPS) is 12.7. The number of thioether (sulfide) groups is 1. The first-order valence-corrected chi connectivity index (χ1v) is 12.5. The number of carbonyl (C=O) groups is 3. The Labute approximate surface area is 207 Å². The minimum atomic E-state index is -1.11. The Morgan fingerprint density at radius 1 is 1.09 bits per heavy atom. The molecule has 1 atom stereocenters. The van der Waals surface area contributed by atoms with E-state index in [1.165, 1.54) is 0 Å². The van der Waals surface area contributed by atoms with E-state index in [1.807, 2.05) is 40.7 Å². The van der Waals surface area contributed by atoms with Crippen LogP contribution in [0.5, 0.6) is 5.75 Å². The molecule has 34 heavy (non-hydrogen) atoms. The summed E-state index contributed by atoms with van der Waals surface area (Å²) in [5, 5.41) is 14.2. The number of alkyl carbamates (subject to hydrolysis) is 1. The summed E-state index contributed by atoms with van der Waals surface area (Å²) in [6.45, 7) is 15.6. The number of carboxylic acids is 1. The van der Waals surface area contributed by atoms with Crippen LogP contribution >= 0.6 is 11.8 Å². The van der Waals surface area contributed by atoms with E-state index >= 15 is 0 Å². The van der Waals surface area contributed by atoms with Gasteiger partial charge in [-0.1, -0.05) is 40.7 Å². The standard InChI is InChI=1S/C25H40N2O6S/c1-16(2)19-10-9-18(13-20(19)22(30)26-14-21(28)29)32-12-11-17(15-34-25(6,7)8)27-23(31)33-24(3,4)5/h9-10,13,16-17H,11-12,14-15H2,1-8H3,(H,26,30)(H,27,31)(H,28,29). The molecule has 0 fully saturated rings. The van der Waals surface area contributed by atoms with Crippen LogP contribution in [0, 0.1) is 0 Å². The second kappa shape index (κ2) is 12.9. The van der Waals surface area contributed by atoms with Gasteiger partial charge in [0.2, 0.25) is 0 Å². The van der Waals surface area contributed by atoms with E-state index in [9.17, 15) is 14.4 Å². The number of hydrogen-bond acceptors (Lipinski definition) is 6. The van der Waals surface area contributed by atoms with Crippen LogP contribution in [0.15, 0.2) is 18.2 Å². The number of carbonyl (C=O) groups excluding carboxylic acids is 2. The Morgan fingerprint density at radius 3 is 2.26 bits per heavy atom. The first kappa shape index (κ1) is 29.6. The Morgan fingerprint density at radius 2 is 1.74 bits per heavy atom. The fraction of sp³-hybridized carbons (Fsp3) is 0.640. The lowest BCUT2D eigenvalue weighted by atomic mass is 9.96. The van der Waals surface area contributed by atoms with Crippen molar-refractivity contribution >= 4 is 29.7 Å². The van der Waals surface area contributed by atoms with Crippen LogP contribution in [-0.2, 0) is 9.53 Å². The molecule has 0 saturated carbocycles. The number of hydrogen-bond donors (Lipinski definition) is 3.